The summed E-state index contributed by atoms with van der Waals surface area (Å²) in [6.45, 7) is 0. The highest BCUT2D eigenvalue weighted by Gasteiger charge is 2.17. The van der Waals surface area contributed by atoms with Gasteiger partial charge >= 0.3 is 0 Å². The molecule has 1 aliphatic carbocycles. The number of hydrogen-bond donors (Lipinski definition) is 0. The molecule has 5 heteroatoms. The van der Waals surface area contributed by atoms with Crippen LogP contribution in [0.25, 0.3) is 0 Å². The van der Waals surface area contributed by atoms with E-state index in [0.717, 1.165) is 0 Å². The Morgan fingerprint density at radius 1 is 1.12 bits per heavy atom. The topological polar surface area (TPSA) is 26.3 Å². The van der Waals surface area contributed by atoms with Crippen molar-refractivity contribution in [3.63, 3.8) is 0 Å². The zero-order valence-electron chi connectivity index (χ0n) is 8.54. The maximum atomic E-state index is 11.6. The summed E-state index contributed by atoms with van der Waals surface area (Å²) in [5.74, 6) is 0.434. The Hall–Kier alpha value is -0.960. The summed E-state index contributed by atoms with van der Waals surface area (Å²) >= 11 is 17.4. The third-order valence-electron chi connectivity index (χ3n) is 2.13. The number of rotatable bonds is 2. The lowest BCUT2D eigenvalue weighted by Gasteiger charge is -2.12. The number of hydrogen-bond acceptors (Lipinski definition) is 2. The standard InChI is InChI=1S/C12H7Cl3O2/c13-7-1-3-11(9(15)5-7)17-12-4-2-8(14)6-10(12)16/h1-5H,6H2. The van der Waals surface area contributed by atoms with Crippen molar-refractivity contribution in [3.8, 4) is 5.75 Å². The van der Waals surface area contributed by atoms with Crippen molar-refractivity contribution in [2.45, 2.75) is 6.42 Å². The third kappa shape index (κ3) is 3.03. The van der Waals surface area contributed by atoms with Crippen LogP contribution in [-0.2, 0) is 4.79 Å². The van der Waals surface area contributed by atoms with Crippen LogP contribution in [-0.4, -0.2) is 5.78 Å². The number of carbonyl (C=O) groups is 1. The number of allylic oxidation sites excluding steroid dienone is 4. The minimum absolute atomic E-state index is 0.151. The molecular formula is C12H7Cl3O2. The molecule has 2 nitrogen and oxygen atoms in total. The van der Waals surface area contributed by atoms with E-state index in [1.165, 1.54) is 6.08 Å². The molecular weight excluding hydrogens is 282 g/mol. The van der Waals surface area contributed by atoms with Crippen molar-refractivity contribution in [1.29, 1.82) is 0 Å². The lowest BCUT2D eigenvalue weighted by Crippen LogP contribution is -2.11. The quantitative estimate of drug-likeness (QED) is 0.809. The first kappa shape index (κ1) is 12.5. The van der Waals surface area contributed by atoms with E-state index in [1.807, 2.05) is 0 Å². The van der Waals surface area contributed by atoms with Gasteiger partial charge < -0.3 is 4.74 Å². The molecule has 0 heterocycles. The highest BCUT2D eigenvalue weighted by atomic mass is 35.5. The van der Waals surface area contributed by atoms with Gasteiger partial charge in [-0.25, -0.2) is 0 Å². The van der Waals surface area contributed by atoms with Crippen molar-refractivity contribution in [2.24, 2.45) is 0 Å². The first-order chi connectivity index (χ1) is 8.06. The molecule has 0 atom stereocenters. The Morgan fingerprint density at radius 3 is 2.53 bits per heavy atom. The number of ether oxygens (including phenoxy) is 1. The Balaban J connectivity index is 2.24. The van der Waals surface area contributed by atoms with Gasteiger partial charge in [-0.1, -0.05) is 34.8 Å². The lowest BCUT2D eigenvalue weighted by atomic mass is 10.1. The average molecular weight is 290 g/mol. The molecule has 1 aliphatic rings. The van der Waals surface area contributed by atoms with E-state index in [1.54, 1.807) is 24.3 Å². The number of carbonyl (C=O) groups excluding carboxylic acids is 1. The van der Waals surface area contributed by atoms with E-state index in [9.17, 15) is 4.79 Å². The summed E-state index contributed by atoms with van der Waals surface area (Å²) in [4.78, 5) is 11.6. The van der Waals surface area contributed by atoms with Crippen LogP contribution in [0.1, 0.15) is 6.42 Å². The summed E-state index contributed by atoms with van der Waals surface area (Å²) in [7, 11) is 0. The summed E-state index contributed by atoms with van der Waals surface area (Å²) in [6, 6.07) is 4.80. The molecule has 0 unspecified atom stereocenters. The molecule has 0 saturated carbocycles. The SMILES string of the molecule is O=C1CC(Cl)=CC=C1Oc1ccc(Cl)cc1Cl. The summed E-state index contributed by atoms with van der Waals surface area (Å²) in [6.07, 6.45) is 3.31. The van der Waals surface area contributed by atoms with Gasteiger partial charge in [0, 0.05) is 10.1 Å². The molecule has 2 rings (SSSR count). The number of halogens is 3. The van der Waals surface area contributed by atoms with Crippen LogP contribution >= 0.6 is 34.8 Å². The van der Waals surface area contributed by atoms with E-state index >= 15 is 0 Å². The van der Waals surface area contributed by atoms with Crippen molar-refractivity contribution < 1.29 is 9.53 Å². The minimum Gasteiger partial charge on any atom is -0.452 e. The number of ketones is 1. The molecule has 88 valence electrons. The maximum absolute atomic E-state index is 11.6. The molecule has 1 aromatic carbocycles. The van der Waals surface area contributed by atoms with Gasteiger partial charge in [-0.05, 0) is 30.4 Å². The van der Waals surface area contributed by atoms with Crippen molar-refractivity contribution in [3.05, 3.63) is 51.2 Å². The Labute approximate surface area is 113 Å². The van der Waals surface area contributed by atoms with Crippen LogP contribution < -0.4 is 4.74 Å². The van der Waals surface area contributed by atoms with Crippen LogP contribution in [0.15, 0.2) is 41.1 Å². The molecule has 0 bridgehead atoms. The third-order valence-corrected chi connectivity index (χ3v) is 2.92. The number of Topliss-reactive ketones (excluding diaryl/α,β-unsaturated/α-hetero) is 1. The second-order valence-electron chi connectivity index (χ2n) is 3.42. The average Bonchev–Trinajstić information content (AvgIpc) is 2.25. The van der Waals surface area contributed by atoms with E-state index in [4.69, 9.17) is 39.5 Å². The van der Waals surface area contributed by atoms with E-state index in [0.29, 0.717) is 20.8 Å². The first-order valence-corrected chi connectivity index (χ1v) is 5.92. The smallest absolute Gasteiger partial charge is 0.203 e. The summed E-state index contributed by atoms with van der Waals surface area (Å²) in [5.41, 5.74) is 0. The molecule has 0 radical (unpaired) electrons. The molecule has 0 saturated heterocycles. The van der Waals surface area contributed by atoms with Gasteiger partial charge in [0.2, 0.25) is 5.78 Å². The molecule has 0 amide bonds. The minimum atomic E-state index is -0.177. The summed E-state index contributed by atoms with van der Waals surface area (Å²) in [5, 5.41) is 1.35. The fourth-order valence-electron chi connectivity index (χ4n) is 1.33. The predicted molar refractivity (Wildman–Crippen MR) is 68.7 cm³/mol. The van der Waals surface area contributed by atoms with Crippen LogP contribution in [0.5, 0.6) is 5.75 Å². The van der Waals surface area contributed by atoms with Crippen molar-refractivity contribution in [2.75, 3.05) is 0 Å². The molecule has 0 fully saturated rings. The van der Waals surface area contributed by atoms with E-state index in [2.05, 4.69) is 0 Å². The zero-order chi connectivity index (χ0) is 12.4. The zero-order valence-corrected chi connectivity index (χ0v) is 10.8. The maximum Gasteiger partial charge on any atom is 0.203 e. The van der Waals surface area contributed by atoms with Gasteiger partial charge in [0.05, 0.1) is 11.4 Å². The van der Waals surface area contributed by atoms with Crippen molar-refractivity contribution >= 4 is 40.6 Å². The van der Waals surface area contributed by atoms with E-state index < -0.39 is 0 Å². The fraction of sp³-hybridized carbons (Fsp3) is 0.0833. The highest BCUT2D eigenvalue weighted by Crippen LogP contribution is 2.30. The largest absolute Gasteiger partial charge is 0.452 e. The van der Waals surface area contributed by atoms with Gasteiger partial charge in [0.15, 0.2) is 5.76 Å². The van der Waals surface area contributed by atoms with Gasteiger partial charge in [-0.15, -0.1) is 0 Å². The van der Waals surface area contributed by atoms with Gasteiger partial charge in [0.1, 0.15) is 5.75 Å². The fourth-order valence-corrected chi connectivity index (χ4v) is 1.96. The van der Waals surface area contributed by atoms with Crippen LogP contribution in [0.3, 0.4) is 0 Å². The molecule has 0 N–H and O–H groups in total. The molecule has 0 aromatic heterocycles. The Kier molecular flexibility index (Phi) is 3.77. The van der Waals surface area contributed by atoms with Gasteiger partial charge in [0.25, 0.3) is 0 Å². The second kappa shape index (κ2) is 5.13. The van der Waals surface area contributed by atoms with Crippen LogP contribution in [0, 0.1) is 0 Å². The van der Waals surface area contributed by atoms with Crippen LogP contribution in [0.4, 0.5) is 0 Å². The summed E-state index contributed by atoms with van der Waals surface area (Å²) < 4.78 is 5.42. The highest BCUT2D eigenvalue weighted by molar-refractivity contribution is 6.35. The van der Waals surface area contributed by atoms with Gasteiger partial charge in [-0.3, -0.25) is 4.79 Å². The predicted octanol–water partition coefficient (Wildman–Crippen LogP) is 4.35. The first-order valence-electron chi connectivity index (χ1n) is 4.79. The molecule has 0 spiro atoms. The number of benzene rings is 1. The second-order valence-corrected chi connectivity index (χ2v) is 4.75. The molecule has 17 heavy (non-hydrogen) atoms. The van der Waals surface area contributed by atoms with E-state index in [-0.39, 0.29) is 18.0 Å². The monoisotopic (exact) mass is 288 g/mol. The Morgan fingerprint density at radius 2 is 1.88 bits per heavy atom. The lowest BCUT2D eigenvalue weighted by molar-refractivity contribution is -0.116. The van der Waals surface area contributed by atoms with Crippen LogP contribution in [0.2, 0.25) is 10.0 Å². The molecule has 1 aromatic rings. The van der Waals surface area contributed by atoms with Crippen molar-refractivity contribution in [1.82, 2.24) is 0 Å². The van der Waals surface area contributed by atoms with Gasteiger partial charge in [-0.2, -0.15) is 0 Å². The Bertz CT molecular complexity index is 533. The molecule has 0 aliphatic heterocycles. The normalized spacial score (nSPS) is 15.4.